The van der Waals surface area contributed by atoms with Crippen molar-refractivity contribution in [2.24, 2.45) is 0 Å². The van der Waals surface area contributed by atoms with Crippen LogP contribution in [0.3, 0.4) is 0 Å². The van der Waals surface area contributed by atoms with E-state index in [0.717, 1.165) is 23.9 Å². The summed E-state index contributed by atoms with van der Waals surface area (Å²) >= 11 is 1.07. The van der Waals surface area contributed by atoms with Gasteiger partial charge in [0, 0.05) is 23.1 Å². The Morgan fingerprint density at radius 3 is 2.74 bits per heavy atom. The van der Waals surface area contributed by atoms with Crippen molar-refractivity contribution in [3.8, 4) is 5.75 Å². The molecule has 0 radical (unpaired) electrons. The number of rotatable bonds is 4. The van der Waals surface area contributed by atoms with Crippen LogP contribution in [0.4, 0.5) is 24.5 Å². The maximum absolute atomic E-state index is 12.8. The molecule has 3 rings (SSSR count). The van der Waals surface area contributed by atoms with E-state index in [0.29, 0.717) is 16.3 Å². The number of amides is 2. The Labute approximate surface area is 157 Å². The number of thioether (sulfide) groups is 1. The lowest BCUT2D eigenvalue weighted by Crippen LogP contribution is -2.32. The molecule has 0 saturated carbocycles. The predicted octanol–water partition coefficient (Wildman–Crippen LogP) is 4.16. The number of benzene rings is 2. The van der Waals surface area contributed by atoms with Crippen molar-refractivity contribution in [2.45, 2.75) is 22.7 Å². The highest BCUT2D eigenvalue weighted by molar-refractivity contribution is 8.01. The topological polar surface area (TPSA) is 67.4 Å². The molecule has 0 unspecified atom stereocenters. The minimum Gasteiger partial charge on any atom is -0.497 e. The van der Waals surface area contributed by atoms with Gasteiger partial charge in [0.05, 0.1) is 23.6 Å². The van der Waals surface area contributed by atoms with Crippen LogP contribution < -0.4 is 15.4 Å². The van der Waals surface area contributed by atoms with Crippen molar-refractivity contribution in [1.29, 1.82) is 0 Å². The molecule has 27 heavy (non-hydrogen) atoms. The first-order valence-corrected chi connectivity index (χ1v) is 8.77. The van der Waals surface area contributed by atoms with Crippen molar-refractivity contribution in [3.05, 3.63) is 48.0 Å². The largest absolute Gasteiger partial charge is 0.497 e. The molecule has 1 aliphatic heterocycles. The van der Waals surface area contributed by atoms with E-state index in [1.54, 1.807) is 24.3 Å². The molecule has 1 atom stereocenters. The van der Waals surface area contributed by atoms with Gasteiger partial charge >= 0.3 is 6.18 Å². The zero-order valence-corrected chi connectivity index (χ0v) is 14.9. The Kier molecular flexibility index (Phi) is 5.31. The number of anilines is 2. The van der Waals surface area contributed by atoms with Gasteiger partial charge in [-0.15, -0.1) is 11.8 Å². The summed E-state index contributed by atoms with van der Waals surface area (Å²) in [5.41, 5.74) is -0.212. The van der Waals surface area contributed by atoms with Gasteiger partial charge in [0.2, 0.25) is 11.8 Å². The summed E-state index contributed by atoms with van der Waals surface area (Å²) in [6, 6.07) is 9.92. The first kappa shape index (κ1) is 19.1. The predicted molar refractivity (Wildman–Crippen MR) is 96.0 cm³/mol. The monoisotopic (exact) mass is 396 g/mol. The van der Waals surface area contributed by atoms with Crippen molar-refractivity contribution >= 4 is 35.0 Å². The van der Waals surface area contributed by atoms with Crippen LogP contribution in [0.5, 0.6) is 5.75 Å². The molecule has 0 spiro atoms. The Hall–Kier alpha value is -2.68. The summed E-state index contributed by atoms with van der Waals surface area (Å²) in [6.07, 6.45) is -4.61. The van der Waals surface area contributed by atoms with Crippen molar-refractivity contribution in [3.63, 3.8) is 0 Å². The lowest BCUT2D eigenvalue weighted by Gasteiger charge is -2.24. The third kappa shape index (κ3) is 4.54. The molecule has 0 aromatic heterocycles. The smallest absolute Gasteiger partial charge is 0.416 e. The van der Waals surface area contributed by atoms with Crippen LogP contribution in [0.15, 0.2) is 47.4 Å². The number of fused-ring (bicyclic) bond motifs is 1. The molecule has 0 aliphatic carbocycles. The van der Waals surface area contributed by atoms with Gasteiger partial charge < -0.3 is 15.4 Å². The van der Waals surface area contributed by atoms with Gasteiger partial charge in [-0.25, -0.2) is 0 Å². The average Bonchev–Trinajstić information content (AvgIpc) is 2.61. The molecular formula is C18H15F3N2O3S. The second kappa shape index (κ2) is 7.51. The maximum atomic E-state index is 12.8. The maximum Gasteiger partial charge on any atom is 0.416 e. The quantitative estimate of drug-likeness (QED) is 0.815. The molecule has 1 aliphatic rings. The highest BCUT2D eigenvalue weighted by Gasteiger charge is 2.34. The summed E-state index contributed by atoms with van der Waals surface area (Å²) < 4.78 is 43.4. The van der Waals surface area contributed by atoms with Crippen LogP contribution >= 0.6 is 11.8 Å². The summed E-state index contributed by atoms with van der Waals surface area (Å²) in [7, 11) is 1.51. The third-order valence-electron chi connectivity index (χ3n) is 3.85. The van der Waals surface area contributed by atoms with E-state index in [9.17, 15) is 22.8 Å². The van der Waals surface area contributed by atoms with E-state index in [2.05, 4.69) is 10.6 Å². The molecule has 2 amide bonds. The second-order valence-corrected chi connectivity index (χ2v) is 7.03. The number of carbonyl (C=O) groups excluding carboxylic acids is 2. The number of nitrogens with one attached hydrogen (secondary N) is 2. The van der Waals surface area contributed by atoms with E-state index < -0.39 is 22.9 Å². The SMILES string of the molecule is COc1cccc(NC(=O)C[C@@H]2Sc3ccc(C(F)(F)F)cc3NC2=O)c1. The zero-order chi connectivity index (χ0) is 19.6. The molecular weight excluding hydrogens is 381 g/mol. The fraction of sp³-hybridized carbons (Fsp3) is 0.222. The van der Waals surface area contributed by atoms with Gasteiger partial charge in [0.1, 0.15) is 5.75 Å². The minimum atomic E-state index is -4.49. The van der Waals surface area contributed by atoms with Crippen LogP contribution in [0.25, 0.3) is 0 Å². The third-order valence-corrected chi connectivity index (χ3v) is 5.13. The van der Waals surface area contributed by atoms with Crippen LogP contribution in [-0.2, 0) is 15.8 Å². The number of halogens is 3. The molecule has 2 aromatic rings. The van der Waals surface area contributed by atoms with Crippen LogP contribution in [-0.4, -0.2) is 24.2 Å². The molecule has 0 bridgehead atoms. The fourth-order valence-corrected chi connectivity index (χ4v) is 3.63. The average molecular weight is 396 g/mol. The van der Waals surface area contributed by atoms with E-state index in [-0.39, 0.29) is 18.0 Å². The number of hydrogen-bond acceptors (Lipinski definition) is 4. The number of hydrogen-bond donors (Lipinski definition) is 2. The first-order chi connectivity index (χ1) is 12.8. The van der Waals surface area contributed by atoms with Crippen LogP contribution in [0.1, 0.15) is 12.0 Å². The van der Waals surface area contributed by atoms with Gasteiger partial charge in [-0.1, -0.05) is 6.07 Å². The molecule has 142 valence electrons. The van der Waals surface area contributed by atoms with Crippen molar-refractivity contribution in [1.82, 2.24) is 0 Å². The van der Waals surface area contributed by atoms with Crippen LogP contribution in [0.2, 0.25) is 0 Å². The van der Waals surface area contributed by atoms with Gasteiger partial charge in [-0.2, -0.15) is 13.2 Å². The lowest BCUT2D eigenvalue weighted by molar-refractivity contribution is -0.137. The lowest BCUT2D eigenvalue weighted by atomic mass is 10.1. The summed E-state index contributed by atoms with van der Waals surface area (Å²) in [4.78, 5) is 24.9. The minimum absolute atomic E-state index is 0.101. The highest BCUT2D eigenvalue weighted by atomic mass is 32.2. The molecule has 2 aromatic carbocycles. The van der Waals surface area contributed by atoms with Crippen molar-refractivity contribution < 1.29 is 27.5 Å². The normalized spacial score (nSPS) is 16.3. The van der Waals surface area contributed by atoms with E-state index in [1.165, 1.54) is 13.2 Å². The first-order valence-electron chi connectivity index (χ1n) is 7.89. The Morgan fingerprint density at radius 2 is 2.04 bits per heavy atom. The molecule has 1 heterocycles. The van der Waals surface area contributed by atoms with E-state index in [1.807, 2.05) is 0 Å². The van der Waals surface area contributed by atoms with Gasteiger partial charge in [0.25, 0.3) is 0 Å². The van der Waals surface area contributed by atoms with Gasteiger partial charge in [0.15, 0.2) is 0 Å². The number of ether oxygens (including phenoxy) is 1. The Balaban J connectivity index is 1.68. The Morgan fingerprint density at radius 1 is 1.26 bits per heavy atom. The highest BCUT2D eigenvalue weighted by Crippen LogP contribution is 2.40. The van der Waals surface area contributed by atoms with Crippen molar-refractivity contribution in [2.75, 3.05) is 17.7 Å². The number of methoxy groups -OCH3 is 1. The second-order valence-electron chi connectivity index (χ2n) is 5.79. The van der Waals surface area contributed by atoms with Gasteiger partial charge in [-0.3, -0.25) is 9.59 Å². The summed E-state index contributed by atoms with van der Waals surface area (Å²) in [6.45, 7) is 0. The van der Waals surface area contributed by atoms with E-state index >= 15 is 0 Å². The standard InChI is InChI=1S/C18H15F3N2O3S/c1-26-12-4-2-3-11(8-12)22-16(24)9-15-17(25)23-13-7-10(18(19,20)21)5-6-14(13)27-15/h2-8,15H,9H2,1H3,(H,22,24)(H,23,25)/t15-/m0/s1. The summed E-state index contributed by atoms with van der Waals surface area (Å²) in [5.74, 6) is -0.314. The molecule has 2 N–H and O–H groups in total. The van der Waals surface area contributed by atoms with E-state index in [4.69, 9.17) is 4.74 Å². The number of carbonyl (C=O) groups is 2. The zero-order valence-electron chi connectivity index (χ0n) is 14.1. The Bertz CT molecular complexity index is 886. The molecule has 5 nitrogen and oxygen atoms in total. The molecule has 9 heteroatoms. The van der Waals surface area contributed by atoms with Crippen LogP contribution in [0, 0.1) is 0 Å². The summed E-state index contributed by atoms with van der Waals surface area (Å²) in [5, 5.41) is 4.39. The molecule has 0 saturated heterocycles. The number of alkyl halides is 3. The molecule has 0 fully saturated rings. The van der Waals surface area contributed by atoms with Gasteiger partial charge in [-0.05, 0) is 30.3 Å². The fourth-order valence-electron chi connectivity index (χ4n) is 2.54.